The minimum Gasteiger partial charge on any atom is -0.480 e. The van der Waals surface area contributed by atoms with E-state index in [0.717, 1.165) is 12.3 Å². The zero-order valence-electron chi connectivity index (χ0n) is 11.2. The number of carboxylic acid groups (broad SMARTS) is 1. The first-order valence-corrected chi connectivity index (χ1v) is 7.97. The molecule has 0 heterocycles. The molecule has 1 atom stereocenters. The normalized spacial score (nSPS) is 12.5. The number of anilines is 1. The maximum absolute atomic E-state index is 12.9. The van der Waals surface area contributed by atoms with Gasteiger partial charge in [0.1, 0.15) is 21.7 Å². The van der Waals surface area contributed by atoms with Gasteiger partial charge >= 0.3 is 12.0 Å². The summed E-state index contributed by atoms with van der Waals surface area (Å²) in [6.07, 6.45) is 0.712. The average Bonchev–Trinajstić information content (AvgIpc) is 2.32. The number of carboxylic acids is 1. The van der Waals surface area contributed by atoms with Crippen molar-refractivity contribution < 1.29 is 27.5 Å². The number of urea groups is 1. The Labute approximate surface area is 121 Å². The standard InChI is InChI=1S/C12H15FN2O5S/c1-21(19,20)6-5-10(11(16)17)15-12(18)14-9-4-2-3-8(13)7-9/h2-4,7,10H,5-6H2,1H3,(H,16,17)(H2,14,15,18). The first-order valence-electron chi connectivity index (χ1n) is 5.91. The number of benzene rings is 1. The second-order valence-electron chi connectivity index (χ2n) is 4.42. The summed E-state index contributed by atoms with van der Waals surface area (Å²) in [7, 11) is -3.34. The van der Waals surface area contributed by atoms with E-state index < -0.39 is 33.7 Å². The Kier molecular flexibility index (Phi) is 5.65. The Hall–Kier alpha value is -2.16. The van der Waals surface area contributed by atoms with Crippen LogP contribution in [0.2, 0.25) is 0 Å². The van der Waals surface area contributed by atoms with Crippen LogP contribution in [-0.4, -0.2) is 43.6 Å². The van der Waals surface area contributed by atoms with Gasteiger partial charge < -0.3 is 15.7 Å². The molecule has 21 heavy (non-hydrogen) atoms. The zero-order valence-corrected chi connectivity index (χ0v) is 12.0. The number of carbonyl (C=O) groups excluding carboxylic acids is 1. The fourth-order valence-electron chi connectivity index (χ4n) is 1.48. The van der Waals surface area contributed by atoms with E-state index in [1.807, 2.05) is 0 Å². The molecule has 3 N–H and O–H groups in total. The lowest BCUT2D eigenvalue weighted by Crippen LogP contribution is -2.43. The monoisotopic (exact) mass is 318 g/mol. The predicted molar refractivity (Wildman–Crippen MR) is 74.3 cm³/mol. The molecule has 2 amide bonds. The van der Waals surface area contributed by atoms with Crippen molar-refractivity contribution >= 4 is 27.5 Å². The molecule has 0 fully saturated rings. The smallest absolute Gasteiger partial charge is 0.326 e. The number of carbonyl (C=O) groups is 2. The second-order valence-corrected chi connectivity index (χ2v) is 6.68. The first-order chi connectivity index (χ1) is 9.67. The number of hydrogen-bond donors (Lipinski definition) is 3. The summed E-state index contributed by atoms with van der Waals surface area (Å²) >= 11 is 0. The molecule has 0 aliphatic rings. The van der Waals surface area contributed by atoms with Crippen molar-refractivity contribution in [2.24, 2.45) is 0 Å². The number of nitrogens with one attached hydrogen (secondary N) is 2. The number of hydrogen-bond acceptors (Lipinski definition) is 4. The van der Waals surface area contributed by atoms with E-state index in [1.54, 1.807) is 0 Å². The summed E-state index contributed by atoms with van der Waals surface area (Å²) in [6, 6.07) is 2.84. The molecular weight excluding hydrogens is 303 g/mol. The van der Waals surface area contributed by atoms with Gasteiger partial charge in [-0.25, -0.2) is 22.4 Å². The van der Waals surface area contributed by atoms with Crippen LogP contribution < -0.4 is 10.6 Å². The van der Waals surface area contributed by atoms with Crippen LogP contribution in [0.5, 0.6) is 0 Å². The van der Waals surface area contributed by atoms with Crippen molar-refractivity contribution in [2.75, 3.05) is 17.3 Å². The maximum Gasteiger partial charge on any atom is 0.326 e. The van der Waals surface area contributed by atoms with Gasteiger partial charge in [0, 0.05) is 11.9 Å². The van der Waals surface area contributed by atoms with Gasteiger partial charge in [-0.2, -0.15) is 0 Å². The van der Waals surface area contributed by atoms with Gasteiger partial charge in [0.2, 0.25) is 0 Å². The van der Waals surface area contributed by atoms with Crippen LogP contribution in [0.1, 0.15) is 6.42 Å². The van der Waals surface area contributed by atoms with E-state index in [-0.39, 0.29) is 17.9 Å². The highest BCUT2D eigenvalue weighted by Crippen LogP contribution is 2.09. The van der Waals surface area contributed by atoms with Crippen LogP contribution in [0.3, 0.4) is 0 Å². The summed E-state index contributed by atoms with van der Waals surface area (Å²) in [6.45, 7) is 0. The molecule has 0 aliphatic carbocycles. The van der Waals surface area contributed by atoms with Crippen molar-refractivity contribution in [2.45, 2.75) is 12.5 Å². The number of sulfone groups is 1. The van der Waals surface area contributed by atoms with Gasteiger partial charge in [0.15, 0.2) is 0 Å². The molecule has 1 aromatic carbocycles. The Balaban J connectivity index is 2.62. The Morgan fingerprint density at radius 1 is 1.38 bits per heavy atom. The van der Waals surface area contributed by atoms with E-state index in [4.69, 9.17) is 5.11 Å². The van der Waals surface area contributed by atoms with Crippen molar-refractivity contribution in [3.63, 3.8) is 0 Å². The molecule has 1 unspecified atom stereocenters. The Bertz CT molecular complexity index is 632. The number of amides is 2. The summed E-state index contributed by atoms with van der Waals surface area (Å²) in [5.74, 6) is -2.28. The quantitative estimate of drug-likeness (QED) is 0.719. The molecule has 116 valence electrons. The van der Waals surface area contributed by atoms with E-state index in [2.05, 4.69) is 10.6 Å². The van der Waals surface area contributed by atoms with Crippen LogP contribution in [0.15, 0.2) is 24.3 Å². The SMILES string of the molecule is CS(=O)(=O)CCC(NC(=O)Nc1cccc(F)c1)C(=O)O. The fraction of sp³-hybridized carbons (Fsp3) is 0.333. The minimum atomic E-state index is -3.34. The summed E-state index contributed by atoms with van der Waals surface area (Å²) in [4.78, 5) is 22.6. The van der Waals surface area contributed by atoms with Crippen LogP contribution in [0.4, 0.5) is 14.9 Å². The molecule has 0 saturated heterocycles. The van der Waals surface area contributed by atoms with E-state index in [1.165, 1.54) is 18.2 Å². The Morgan fingerprint density at radius 2 is 2.05 bits per heavy atom. The van der Waals surface area contributed by atoms with Gasteiger partial charge in [-0.3, -0.25) is 0 Å². The zero-order chi connectivity index (χ0) is 16.0. The largest absolute Gasteiger partial charge is 0.480 e. The van der Waals surface area contributed by atoms with E-state index in [9.17, 15) is 22.4 Å². The summed E-state index contributed by atoms with van der Waals surface area (Å²) in [5.41, 5.74) is 0.153. The van der Waals surface area contributed by atoms with Gasteiger partial charge in [-0.15, -0.1) is 0 Å². The molecule has 0 spiro atoms. The van der Waals surface area contributed by atoms with Crippen molar-refractivity contribution in [1.82, 2.24) is 5.32 Å². The van der Waals surface area contributed by atoms with E-state index in [0.29, 0.717) is 0 Å². The Morgan fingerprint density at radius 3 is 2.57 bits per heavy atom. The van der Waals surface area contributed by atoms with Crippen molar-refractivity contribution in [1.29, 1.82) is 0 Å². The van der Waals surface area contributed by atoms with Crippen molar-refractivity contribution in [3.05, 3.63) is 30.1 Å². The van der Waals surface area contributed by atoms with Gasteiger partial charge in [0.05, 0.1) is 5.75 Å². The van der Waals surface area contributed by atoms with Crippen LogP contribution in [-0.2, 0) is 14.6 Å². The molecule has 0 aliphatic heterocycles. The lowest BCUT2D eigenvalue weighted by Gasteiger charge is -2.14. The molecule has 7 nitrogen and oxygen atoms in total. The molecule has 9 heteroatoms. The molecule has 1 aromatic rings. The summed E-state index contributed by atoms with van der Waals surface area (Å²) in [5, 5.41) is 13.3. The summed E-state index contributed by atoms with van der Waals surface area (Å²) < 4.78 is 34.9. The predicted octanol–water partition coefficient (Wildman–Crippen LogP) is 0.835. The third kappa shape index (κ3) is 6.70. The molecule has 0 radical (unpaired) electrons. The van der Waals surface area contributed by atoms with Crippen LogP contribution >= 0.6 is 0 Å². The first kappa shape index (κ1) is 16.9. The molecule has 1 rings (SSSR count). The fourth-order valence-corrected chi connectivity index (χ4v) is 2.14. The second kappa shape index (κ2) is 7.02. The molecule has 0 saturated carbocycles. The molecular formula is C12H15FN2O5S. The van der Waals surface area contributed by atoms with Crippen molar-refractivity contribution in [3.8, 4) is 0 Å². The van der Waals surface area contributed by atoms with Gasteiger partial charge in [-0.1, -0.05) is 6.07 Å². The van der Waals surface area contributed by atoms with Crippen LogP contribution in [0, 0.1) is 5.82 Å². The topological polar surface area (TPSA) is 113 Å². The number of rotatable bonds is 6. The van der Waals surface area contributed by atoms with E-state index >= 15 is 0 Å². The molecule has 0 aromatic heterocycles. The minimum absolute atomic E-state index is 0.153. The highest BCUT2D eigenvalue weighted by Gasteiger charge is 2.21. The van der Waals surface area contributed by atoms with Gasteiger partial charge in [0.25, 0.3) is 0 Å². The lowest BCUT2D eigenvalue weighted by atomic mass is 10.2. The number of aliphatic carboxylic acids is 1. The average molecular weight is 318 g/mol. The lowest BCUT2D eigenvalue weighted by molar-refractivity contribution is -0.139. The third-order valence-corrected chi connectivity index (χ3v) is 3.44. The highest BCUT2D eigenvalue weighted by molar-refractivity contribution is 7.90. The molecule has 0 bridgehead atoms. The highest BCUT2D eigenvalue weighted by atomic mass is 32.2. The number of halogens is 1. The van der Waals surface area contributed by atoms with Gasteiger partial charge in [-0.05, 0) is 24.6 Å². The van der Waals surface area contributed by atoms with Crippen LogP contribution in [0.25, 0.3) is 0 Å². The third-order valence-electron chi connectivity index (χ3n) is 2.46. The maximum atomic E-state index is 12.9.